The highest BCUT2D eigenvalue weighted by atomic mass is 16.3. The van der Waals surface area contributed by atoms with Crippen molar-refractivity contribution in [3.63, 3.8) is 0 Å². The lowest BCUT2D eigenvalue weighted by atomic mass is 9.48. The fourth-order valence-corrected chi connectivity index (χ4v) is 5.79. The highest BCUT2D eigenvalue weighted by molar-refractivity contribution is 5.51. The number of fused-ring (bicyclic) bond motifs is 5. The minimum atomic E-state index is -0.498. The Morgan fingerprint density at radius 2 is 1.91 bits per heavy atom. The van der Waals surface area contributed by atoms with Crippen LogP contribution < -0.4 is 17.2 Å². The third-order valence-corrected chi connectivity index (χ3v) is 7.21. The number of aliphatic hydroxyl groups excluding tert-OH is 1. The van der Waals surface area contributed by atoms with Crippen molar-refractivity contribution in [2.75, 3.05) is 5.73 Å². The zero-order chi connectivity index (χ0) is 15.8. The first-order valence-corrected chi connectivity index (χ1v) is 8.46. The number of hydrogen-bond donors (Lipinski definition) is 4. The van der Waals surface area contributed by atoms with Crippen molar-refractivity contribution in [1.82, 2.24) is 0 Å². The third-order valence-electron chi connectivity index (χ3n) is 7.21. The van der Waals surface area contributed by atoms with Gasteiger partial charge in [-0.25, -0.2) is 0 Å². The number of aliphatic hydroxyl groups is 1. The van der Waals surface area contributed by atoms with E-state index in [4.69, 9.17) is 17.2 Å². The lowest BCUT2D eigenvalue weighted by molar-refractivity contribution is -0.0647. The molecule has 0 saturated heterocycles. The average molecular weight is 301 g/mol. The van der Waals surface area contributed by atoms with Crippen LogP contribution in [0, 0.1) is 11.3 Å². The van der Waals surface area contributed by atoms with Crippen molar-refractivity contribution in [2.45, 2.75) is 62.6 Å². The second kappa shape index (κ2) is 4.25. The first-order chi connectivity index (χ1) is 10.3. The molecule has 22 heavy (non-hydrogen) atoms. The lowest BCUT2D eigenvalue weighted by Gasteiger charge is -2.61. The number of anilines is 1. The maximum atomic E-state index is 10.5. The summed E-state index contributed by atoms with van der Waals surface area (Å²) in [7, 11) is 0. The van der Waals surface area contributed by atoms with Gasteiger partial charge in [0.1, 0.15) is 0 Å². The lowest BCUT2D eigenvalue weighted by Crippen LogP contribution is -2.73. The van der Waals surface area contributed by atoms with Crippen LogP contribution in [-0.4, -0.2) is 16.7 Å². The molecule has 0 amide bonds. The molecule has 7 N–H and O–H groups in total. The van der Waals surface area contributed by atoms with Crippen LogP contribution in [0.25, 0.3) is 0 Å². The average Bonchev–Trinajstić information content (AvgIpc) is 2.78. The smallest absolute Gasteiger partial charge is 0.0598 e. The van der Waals surface area contributed by atoms with Crippen molar-refractivity contribution in [2.24, 2.45) is 22.8 Å². The Balaban J connectivity index is 1.85. The molecule has 3 aliphatic carbocycles. The molecule has 2 saturated carbocycles. The number of benzene rings is 1. The standard InChI is InChI=1S/C18H27N3O/c1-16-8-9-17(20)13-3-2-12(19)10-11(13)6-7-18(17,21)14(16)4-5-15(16)22/h2-3,10,14-15,22H,4-9,19-21H2,1H3/t14-,15+,16+,17+,18-/m1/s1. The first kappa shape index (κ1) is 14.5. The maximum Gasteiger partial charge on any atom is 0.0598 e. The Morgan fingerprint density at radius 3 is 2.68 bits per heavy atom. The topological polar surface area (TPSA) is 98.3 Å². The number of rotatable bonds is 0. The SMILES string of the molecule is C[C@]12CC[C@]3(N)c4ccc(N)cc4CC[C@@]3(N)[C@@H]1CC[C@@H]2O. The van der Waals surface area contributed by atoms with Crippen molar-refractivity contribution in [1.29, 1.82) is 0 Å². The maximum absolute atomic E-state index is 10.5. The van der Waals surface area contributed by atoms with Crippen LogP contribution in [0.5, 0.6) is 0 Å². The van der Waals surface area contributed by atoms with Gasteiger partial charge in [-0.1, -0.05) is 13.0 Å². The first-order valence-electron chi connectivity index (χ1n) is 8.46. The summed E-state index contributed by atoms with van der Waals surface area (Å²) in [6, 6.07) is 6.08. The molecule has 4 nitrogen and oxygen atoms in total. The van der Waals surface area contributed by atoms with Crippen molar-refractivity contribution >= 4 is 5.69 Å². The monoisotopic (exact) mass is 301 g/mol. The number of aryl methyl sites for hydroxylation is 1. The molecule has 3 aliphatic rings. The van der Waals surface area contributed by atoms with Gasteiger partial charge in [0.25, 0.3) is 0 Å². The molecule has 0 spiro atoms. The summed E-state index contributed by atoms with van der Waals surface area (Å²) in [6.45, 7) is 2.21. The van der Waals surface area contributed by atoms with Crippen LogP contribution in [0.2, 0.25) is 0 Å². The molecule has 4 rings (SSSR count). The fourth-order valence-electron chi connectivity index (χ4n) is 5.79. The molecule has 0 aliphatic heterocycles. The van der Waals surface area contributed by atoms with Gasteiger partial charge in [0.05, 0.1) is 11.6 Å². The minimum absolute atomic E-state index is 0.0804. The quantitative estimate of drug-likeness (QED) is 0.547. The van der Waals surface area contributed by atoms with E-state index in [1.54, 1.807) is 0 Å². The number of nitrogens with two attached hydrogens (primary N) is 3. The van der Waals surface area contributed by atoms with Crippen molar-refractivity contribution < 1.29 is 5.11 Å². The fraction of sp³-hybridized carbons (Fsp3) is 0.667. The number of nitrogen functional groups attached to an aromatic ring is 1. The molecule has 5 atom stereocenters. The zero-order valence-corrected chi connectivity index (χ0v) is 13.3. The molecule has 2 fully saturated rings. The summed E-state index contributed by atoms with van der Waals surface area (Å²) in [5.41, 5.74) is 22.2. The second-order valence-electron chi connectivity index (χ2n) is 8.08. The molecule has 1 aromatic carbocycles. The molecule has 0 unspecified atom stereocenters. The summed E-state index contributed by atoms with van der Waals surface area (Å²) in [5, 5.41) is 10.5. The van der Waals surface area contributed by atoms with E-state index in [1.165, 1.54) is 11.1 Å². The van der Waals surface area contributed by atoms with Crippen LogP contribution in [0.1, 0.15) is 50.2 Å². The molecule has 1 aromatic rings. The molecule has 120 valence electrons. The molecule has 0 radical (unpaired) electrons. The van der Waals surface area contributed by atoms with E-state index < -0.39 is 11.1 Å². The van der Waals surface area contributed by atoms with Gasteiger partial charge in [-0.05, 0) is 73.1 Å². The van der Waals surface area contributed by atoms with Gasteiger partial charge >= 0.3 is 0 Å². The Bertz CT molecular complexity index is 633. The largest absolute Gasteiger partial charge is 0.399 e. The predicted molar refractivity (Wildman–Crippen MR) is 88.0 cm³/mol. The highest BCUT2D eigenvalue weighted by Gasteiger charge is 2.65. The summed E-state index contributed by atoms with van der Waals surface area (Å²) in [5.74, 6) is 0.291. The van der Waals surface area contributed by atoms with E-state index in [2.05, 4.69) is 19.1 Å². The molecule has 0 heterocycles. The molecule has 0 aromatic heterocycles. The van der Waals surface area contributed by atoms with Crippen LogP contribution in [0.15, 0.2) is 18.2 Å². The van der Waals surface area contributed by atoms with Crippen molar-refractivity contribution in [3.8, 4) is 0 Å². The van der Waals surface area contributed by atoms with Crippen LogP contribution in [0.3, 0.4) is 0 Å². The zero-order valence-electron chi connectivity index (χ0n) is 13.3. The van der Waals surface area contributed by atoms with E-state index in [0.29, 0.717) is 5.92 Å². The normalized spacial score (nSPS) is 46.7. The van der Waals surface area contributed by atoms with E-state index >= 15 is 0 Å². The molecule has 0 bridgehead atoms. The van der Waals surface area contributed by atoms with E-state index in [-0.39, 0.29) is 11.5 Å². The second-order valence-corrected chi connectivity index (χ2v) is 8.08. The van der Waals surface area contributed by atoms with Gasteiger partial charge in [-0.15, -0.1) is 0 Å². The van der Waals surface area contributed by atoms with Crippen molar-refractivity contribution in [3.05, 3.63) is 29.3 Å². The van der Waals surface area contributed by atoms with E-state index in [9.17, 15) is 5.11 Å². The summed E-state index contributed by atoms with van der Waals surface area (Å²) in [6.07, 6.45) is 5.19. The molecule has 4 heteroatoms. The van der Waals surface area contributed by atoms with Crippen LogP contribution in [-0.2, 0) is 12.0 Å². The van der Waals surface area contributed by atoms with Crippen LogP contribution in [0.4, 0.5) is 5.69 Å². The van der Waals surface area contributed by atoms with Gasteiger partial charge in [0.2, 0.25) is 0 Å². The molecular formula is C18H27N3O. The highest BCUT2D eigenvalue weighted by Crippen LogP contribution is 2.62. The summed E-state index contributed by atoms with van der Waals surface area (Å²) >= 11 is 0. The van der Waals surface area contributed by atoms with Gasteiger partial charge in [-0.3, -0.25) is 0 Å². The minimum Gasteiger partial charge on any atom is -0.399 e. The predicted octanol–water partition coefficient (Wildman–Crippen LogP) is 1.64. The Morgan fingerprint density at radius 1 is 1.14 bits per heavy atom. The molecular weight excluding hydrogens is 274 g/mol. The Kier molecular flexibility index (Phi) is 2.80. The van der Waals surface area contributed by atoms with E-state index in [1.807, 2.05) is 6.07 Å². The van der Waals surface area contributed by atoms with Gasteiger partial charge in [-0.2, -0.15) is 0 Å². The Labute approximate surface area is 132 Å². The Hall–Kier alpha value is -1.10. The third kappa shape index (κ3) is 1.53. The van der Waals surface area contributed by atoms with E-state index in [0.717, 1.165) is 44.2 Å². The summed E-state index contributed by atoms with van der Waals surface area (Å²) in [4.78, 5) is 0. The van der Waals surface area contributed by atoms with Gasteiger partial charge < -0.3 is 22.3 Å². The van der Waals surface area contributed by atoms with Gasteiger partial charge in [0.15, 0.2) is 0 Å². The van der Waals surface area contributed by atoms with Gasteiger partial charge in [0, 0.05) is 11.2 Å². The van der Waals surface area contributed by atoms with Crippen LogP contribution >= 0.6 is 0 Å². The summed E-state index contributed by atoms with van der Waals surface area (Å²) < 4.78 is 0. The number of hydrogen-bond acceptors (Lipinski definition) is 4.